The van der Waals surface area contributed by atoms with Gasteiger partial charge in [-0.15, -0.1) is 0 Å². The number of aryl methyl sites for hydroxylation is 1. The number of sulfonamides is 1. The molecule has 108 valence electrons. The highest BCUT2D eigenvalue weighted by Crippen LogP contribution is 2.24. The van der Waals surface area contributed by atoms with E-state index >= 15 is 0 Å². The summed E-state index contributed by atoms with van der Waals surface area (Å²) in [7, 11) is -3.65. The third kappa shape index (κ3) is 2.93. The Hall–Kier alpha value is -1.86. The van der Waals surface area contributed by atoms with Gasteiger partial charge in [-0.1, -0.05) is 28.1 Å². The molecule has 0 unspecified atom stereocenters. The van der Waals surface area contributed by atoms with E-state index in [9.17, 15) is 8.42 Å². The second-order valence-corrected chi connectivity index (χ2v) is 7.21. The number of nitrogens with one attached hydrogen (secondary N) is 2. The van der Waals surface area contributed by atoms with E-state index in [2.05, 4.69) is 30.6 Å². The lowest BCUT2D eigenvalue weighted by molar-refractivity contribution is 0.598. The molecule has 21 heavy (non-hydrogen) atoms. The zero-order valence-corrected chi connectivity index (χ0v) is 13.5. The molecule has 3 rings (SSSR count). The molecule has 1 aromatic heterocycles. The molecule has 0 bridgehead atoms. The molecule has 2 aromatic carbocycles. The maximum absolute atomic E-state index is 12.2. The Bertz CT molecular complexity index is 919. The quantitative estimate of drug-likeness (QED) is 0.746. The lowest BCUT2D eigenvalue weighted by Gasteiger charge is -2.07. The highest BCUT2D eigenvalue weighted by molar-refractivity contribution is 9.10. The topological polar surface area (TPSA) is 74.8 Å². The Labute approximate surface area is 130 Å². The van der Waals surface area contributed by atoms with Gasteiger partial charge in [0, 0.05) is 10.2 Å². The Kier molecular flexibility index (Phi) is 3.46. The van der Waals surface area contributed by atoms with Crippen LogP contribution < -0.4 is 4.72 Å². The van der Waals surface area contributed by atoms with Gasteiger partial charge in [-0.2, -0.15) is 8.42 Å². The summed E-state index contributed by atoms with van der Waals surface area (Å²) < 4.78 is 28.0. The lowest BCUT2D eigenvalue weighted by Crippen LogP contribution is -2.13. The number of anilines is 1. The first kappa shape index (κ1) is 14.1. The maximum atomic E-state index is 12.2. The number of hydrogen-bond acceptors (Lipinski definition) is 3. The van der Waals surface area contributed by atoms with Crippen LogP contribution in [0.1, 0.15) is 5.82 Å². The molecule has 3 aromatic rings. The Morgan fingerprint density at radius 2 is 1.86 bits per heavy atom. The maximum Gasteiger partial charge on any atom is 0.278 e. The fourth-order valence-corrected chi connectivity index (χ4v) is 3.42. The van der Waals surface area contributed by atoms with Crippen LogP contribution >= 0.6 is 15.9 Å². The first-order valence-electron chi connectivity index (χ1n) is 6.18. The minimum atomic E-state index is -3.65. The summed E-state index contributed by atoms with van der Waals surface area (Å²) >= 11 is 3.41. The van der Waals surface area contributed by atoms with E-state index < -0.39 is 10.0 Å². The number of benzene rings is 2. The second-order valence-electron chi connectivity index (χ2n) is 4.64. The van der Waals surface area contributed by atoms with Gasteiger partial charge < -0.3 is 4.98 Å². The number of hydrogen-bond donors (Lipinski definition) is 2. The van der Waals surface area contributed by atoms with Crippen LogP contribution in [0.15, 0.2) is 52.1 Å². The molecule has 2 N–H and O–H groups in total. The van der Waals surface area contributed by atoms with Crippen molar-refractivity contribution in [2.75, 3.05) is 4.72 Å². The summed E-state index contributed by atoms with van der Waals surface area (Å²) in [6, 6.07) is 11.2. The van der Waals surface area contributed by atoms with Crippen molar-refractivity contribution in [2.45, 2.75) is 11.9 Å². The van der Waals surface area contributed by atoms with E-state index in [1.54, 1.807) is 19.1 Å². The minimum absolute atomic E-state index is 0.0518. The van der Waals surface area contributed by atoms with E-state index in [0.717, 1.165) is 15.2 Å². The van der Waals surface area contributed by atoms with Gasteiger partial charge in [0.05, 0.1) is 6.20 Å². The van der Waals surface area contributed by atoms with E-state index in [0.29, 0.717) is 11.5 Å². The monoisotopic (exact) mass is 365 g/mol. The summed E-state index contributed by atoms with van der Waals surface area (Å²) in [5, 5.41) is 2.04. The average molecular weight is 366 g/mol. The second kappa shape index (κ2) is 5.16. The molecule has 0 aliphatic carbocycles. The highest BCUT2D eigenvalue weighted by atomic mass is 79.9. The van der Waals surface area contributed by atoms with Crippen molar-refractivity contribution in [1.82, 2.24) is 9.97 Å². The van der Waals surface area contributed by atoms with Crippen LogP contribution in [0.25, 0.3) is 10.8 Å². The fourth-order valence-electron chi connectivity index (χ4n) is 2.03. The molecule has 0 atom stereocenters. The van der Waals surface area contributed by atoms with Crippen LogP contribution in [0.2, 0.25) is 0 Å². The molecule has 5 nitrogen and oxygen atoms in total. The van der Waals surface area contributed by atoms with Gasteiger partial charge in [0.25, 0.3) is 10.0 Å². The molecular formula is C14H12BrN3O2S. The van der Waals surface area contributed by atoms with Crippen LogP contribution in [0, 0.1) is 6.92 Å². The van der Waals surface area contributed by atoms with Crippen molar-refractivity contribution in [3.05, 3.63) is 52.9 Å². The third-order valence-electron chi connectivity index (χ3n) is 3.02. The van der Waals surface area contributed by atoms with E-state index in [1.807, 2.05) is 24.3 Å². The van der Waals surface area contributed by atoms with Crippen molar-refractivity contribution < 1.29 is 8.42 Å². The van der Waals surface area contributed by atoms with Crippen molar-refractivity contribution in [3.8, 4) is 0 Å². The number of H-pyrrole nitrogens is 1. The first-order chi connectivity index (χ1) is 9.94. The molecular weight excluding hydrogens is 354 g/mol. The summed E-state index contributed by atoms with van der Waals surface area (Å²) in [4.78, 5) is 6.62. The van der Waals surface area contributed by atoms with Gasteiger partial charge in [-0.25, -0.2) is 4.98 Å². The molecule has 0 spiro atoms. The molecule has 7 heteroatoms. The van der Waals surface area contributed by atoms with Crippen LogP contribution in [0.5, 0.6) is 0 Å². The number of imidazole rings is 1. The zero-order valence-electron chi connectivity index (χ0n) is 11.1. The van der Waals surface area contributed by atoms with Gasteiger partial charge in [0.15, 0.2) is 5.03 Å². The molecule has 0 saturated carbocycles. The highest BCUT2D eigenvalue weighted by Gasteiger charge is 2.16. The Balaban J connectivity index is 1.96. The van der Waals surface area contributed by atoms with Crippen LogP contribution in [0.3, 0.4) is 0 Å². The normalized spacial score (nSPS) is 11.7. The van der Waals surface area contributed by atoms with Gasteiger partial charge in [-0.3, -0.25) is 4.72 Å². The molecule has 0 amide bonds. The first-order valence-corrected chi connectivity index (χ1v) is 8.45. The molecule has 0 fully saturated rings. The van der Waals surface area contributed by atoms with Crippen LogP contribution in [0.4, 0.5) is 5.69 Å². The zero-order chi connectivity index (χ0) is 15.0. The van der Waals surface area contributed by atoms with Gasteiger partial charge in [0.2, 0.25) is 0 Å². The smallest absolute Gasteiger partial charge is 0.278 e. The fraction of sp³-hybridized carbons (Fsp3) is 0.0714. The molecule has 0 radical (unpaired) electrons. The lowest BCUT2D eigenvalue weighted by atomic mass is 10.1. The van der Waals surface area contributed by atoms with Crippen molar-refractivity contribution >= 4 is 42.4 Å². The number of fused-ring (bicyclic) bond motifs is 1. The standard InChI is InChI=1S/C14H12BrN3O2S/c1-9-16-8-14(17-9)21(19,20)18-13-5-3-10-6-12(15)4-2-11(10)7-13/h2-8,18H,1H3,(H,16,17). The summed E-state index contributed by atoms with van der Waals surface area (Å²) in [6.45, 7) is 1.70. The van der Waals surface area contributed by atoms with Crippen LogP contribution in [-0.2, 0) is 10.0 Å². The molecule has 0 saturated heterocycles. The number of aromatic amines is 1. The van der Waals surface area contributed by atoms with E-state index in [-0.39, 0.29) is 5.03 Å². The molecule has 1 heterocycles. The van der Waals surface area contributed by atoms with Crippen molar-refractivity contribution in [1.29, 1.82) is 0 Å². The Morgan fingerprint density at radius 1 is 1.14 bits per heavy atom. The predicted octanol–water partition coefficient (Wildman–Crippen LogP) is 3.43. The number of rotatable bonds is 3. The molecule has 0 aliphatic rings. The van der Waals surface area contributed by atoms with Gasteiger partial charge in [0.1, 0.15) is 5.82 Å². The number of halogens is 1. The summed E-state index contributed by atoms with van der Waals surface area (Å²) in [6.07, 6.45) is 1.30. The van der Waals surface area contributed by atoms with Gasteiger partial charge >= 0.3 is 0 Å². The molecule has 0 aliphatic heterocycles. The number of nitrogens with zero attached hydrogens (tertiary/aromatic N) is 1. The predicted molar refractivity (Wildman–Crippen MR) is 85.8 cm³/mol. The van der Waals surface area contributed by atoms with Crippen LogP contribution in [-0.4, -0.2) is 18.4 Å². The number of aromatic nitrogens is 2. The SMILES string of the molecule is Cc1ncc(S(=O)(=O)Nc2ccc3cc(Br)ccc3c2)[nH]1. The van der Waals surface area contributed by atoms with E-state index in [1.165, 1.54) is 6.20 Å². The summed E-state index contributed by atoms with van der Waals surface area (Å²) in [5.41, 5.74) is 0.511. The van der Waals surface area contributed by atoms with Crippen molar-refractivity contribution in [3.63, 3.8) is 0 Å². The van der Waals surface area contributed by atoms with Crippen molar-refractivity contribution in [2.24, 2.45) is 0 Å². The van der Waals surface area contributed by atoms with Gasteiger partial charge in [-0.05, 0) is 42.0 Å². The largest absolute Gasteiger partial charge is 0.332 e. The average Bonchev–Trinajstić information content (AvgIpc) is 2.86. The minimum Gasteiger partial charge on any atom is -0.332 e. The third-order valence-corrected chi connectivity index (χ3v) is 4.81. The van der Waals surface area contributed by atoms with E-state index in [4.69, 9.17) is 0 Å². The summed E-state index contributed by atoms with van der Waals surface area (Å²) in [5.74, 6) is 0.554. The Morgan fingerprint density at radius 3 is 2.57 bits per heavy atom.